The minimum atomic E-state index is -1.23. The first-order valence-corrected chi connectivity index (χ1v) is 19.9. The quantitative estimate of drug-likeness (QED) is 0.163. The van der Waals surface area contributed by atoms with E-state index in [9.17, 15) is 19.8 Å². The summed E-state index contributed by atoms with van der Waals surface area (Å²) in [6.07, 6.45) is 11.5. The van der Waals surface area contributed by atoms with Crippen LogP contribution >= 0.6 is 11.6 Å². The van der Waals surface area contributed by atoms with Gasteiger partial charge in [-0.15, -0.1) is 0 Å². The summed E-state index contributed by atoms with van der Waals surface area (Å²) in [7, 11) is 4.78. The summed E-state index contributed by atoms with van der Waals surface area (Å²) in [5.74, 6) is 0.336. The Hall–Kier alpha value is -3.24. The van der Waals surface area contributed by atoms with Crippen molar-refractivity contribution in [2.75, 3.05) is 41.0 Å². The van der Waals surface area contributed by atoms with Crippen LogP contribution in [-0.2, 0) is 27.2 Å². The number of aliphatic hydroxyl groups is 2. The standard InChI is InChI=1S/C44H55ClFNO7/c1-40-15-12-29(48)25-42(40)18-19-44(31(26-42)34(49)24-30-32(45)8-6-9-33(30)46)37(40)13-16-41(2)38(44)14-17-43(41,51)27-47(20-7-21-52-3)39(50)23-28-10-11-35(53-4)36(22-28)54-5/h6,8-11,18-19,22,26,29,37-38,48,51H,7,12-17,20-21,23-25,27H2,1-5H3. The summed E-state index contributed by atoms with van der Waals surface area (Å²) in [5.41, 5.74) is -1.64. The fourth-order valence-corrected chi connectivity index (χ4v) is 12.1. The molecule has 2 aromatic carbocycles. The van der Waals surface area contributed by atoms with Crippen molar-refractivity contribution in [2.45, 2.75) is 89.8 Å². The zero-order valence-electron chi connectivity index (χ0n) is 32.3. The molecule has 0 aromatic heterocycles. The zero-order valence-corrected chi connectivity index (χ0v) is 33.0. The van der Waals surface area contributed by atoms with Crippen LogP contribution in [0.1, 0.15) is 76.3 Å². The molecule has 6 aliphatic carbocycles. The third-order valence-corrected chi connectivity index (χ3v) is 15.2. The highest BCUT2D eigenvalue weighted by Crippen LogP contribution is 2.78. The number of halogens is 2. The smallest absolute Gasteiger partial charge is 0.227 e. The van der Waals surface area contributed by atoms with E-state index in [2.05, 4.69) is 32.1 Å². The third kappa shape index (κ3) is 5.95. The van der Waals surface area contributed by atoms with Crippen LogP contribution in [0, 0.1) is 39.3 Å². The maximum absolute atomic E-state index is 15.2. The SMILES string of the molecule is COCCCN(CC1(O)CCC2C34C=CC5(C=C3C(=O)Cc3c(F)cccc3Cl)CC(O)CCC5(C)C4CCC21C)C(=O)Cc1ccc(OC)c(OC)c1. The molecule has 3 saturated carbocycles. The van der Waals surface area contributed by atoms with Crippen LogP contribution in [0.25, 0.3) is 0 Å². The van der Waals surface area contributed by atoms with E-state index in [1.807, 2.05) is 12.1 Å². The second kappa shape index (κ2) is 14.4. The summed E-state index contributed by atoms with van der Waals surface area (Å²) in [6, 6.07) is 9.96. The molecule has 0 aliphatic heterocycles. The van der Waals surface area contributed by atoms with Crippen LogP contribution in [0.4, 0.5) is 4.39 Å². The molecule has 2 aromatic rings. The summed E-state index contributed by atoms with van der Waals surface area (Å²) in [4.78, 5) is 30.7. The number of fused-ring (bicyclic) bond motifs is 1. The number of hydrogen-bond donors (Lipinski definition) is 2. The van der Waals surface area contributed by atoms with Crippen LogP contribution in [-0.4, -0.2) is 79.5 Å². The van der Waals surface area contributed by atoms with Crippen LogP contribution < -0.4 is 9.47 Å². The van der Waals surface area contributed by atoms with Gasteiger partial charge in [-0.3, -0.25) is 9.59 Å². The maximum atomic E-state index is 15.2. The number of nitrogens with zero attached hydrogens (tertiary/aromatic N) is 1. The van der Waals surface area contributed by atoms with Gasteiger partial charge in [0.05, 0.1) is 32.3 Å². The number of aliphatic hydroxyl groups excluding tert-OH is 1. The van der Waals surface area contributed by atoms with Gasteiger partial charge in [-0.2, -0.15) is 0 Å². The largest absolute Gasteiger partial charge is 0.493 e. The minimum Gasteiger partial charge on any atom is -0.493 e. The molecule has 2 spiro atoms. The number of ether oxygens (including phenoxy) is 3. The summed E-state index contributed by atoms with van der Waals surface area (Å²) in [6.45, 7) is 5.56. The Kier molecular flexibility index (Phi) is 10.4. The van der Waals surface area contributed by atoms with Gasteiger partial charge in [-0.25, -0.2) is 4.39 Å². The van der Waals surface area contributed by atoms with E-state index in [0.29, 0.717) is 62.3 Å². The maximum Gasteiger partial charge on any atom is 0.227 e. The summed E-state index contributed by atoms with van der Waals surface area (Å²) in [5, 5.41) is 24.3. The third-order valence-electron chi connectivity index (χ3n) is 14.8. The van der Waals surface area contributed by atoms with Crippen molar-refractivity contribution in [1.29, 1.82) is 0 Å². The lowest BCUT2D eigenvalue weighted by atomic mass is 9.32. The highest BCUT2D eigenvalue weighted by atomic mass is 35.5. The van der Waals surface area contributed by atoms with Gasteiger partial charge in [-0.05, 0) is 98.4 Å². The molecule has 10 heteroatoms. The van der Waals surface area contributed by atoms with Crippen LogP contribution in [0.5, 0.6) is 11.5 Å². The van der Waals surface area contributed by atoms with Gasteiger partial charge in [-0.1, -0.05) is 55.8 Å². The van der Waals surface area contributed by atoms with Gasteiger partial charge in [0.2, 0.25) is 5.91 Å². The number of amides is 1. The Bertz CT molecular complexity index is 1850. The lowest BCUT2D eigenvalue weighted by Gasteiger charge is -2.71. The van der Waals surface area contributed by atoms with Gasteiger partial charge in [0, 0.05) is 65.6 Å². The Labute approximate surface area is 323 Å². The predicted molar refractivity (Wildman–Crippen MR) is 205 cm³/mol. The molecule has 292 valence electrons. The summed E-state index contributed by atoms with van der Waals surface area (Å²) < 4.78 is 31.4. The number of methoxy groups -OCH3 is 3. The van der Waals surface area contributed by atoms with Crippen molar-refractivity contribution in [3.63, 3.8) is 0 Å². The highest BCUT2D eigenvalue weighted by Gasteiger charge is 2.74. The van der Waals surface area contributed by atoms with Crippen molar-refractivity contribution in [3.05, 3.63) is 82.2 Å². The average Bonchev–Trinajstić information content (AvgIpc) is 3.42. The Morgan fingerprint density at radius 3 is 2.39 bits per heavy atom. The molecular weight excluding hydrogens is 709 g/mol. The number of Topliss-reactive ketones (excluding diaryl/α,β-unsaturated/α-hetero) is 1. The Morgan fingerprint density at radius 1 is 0.944 bits per heavy atom. The van der Waals surface area contributed by atoms with E-state index in [1.165, 1.54) is 6.07 Å². The first-order valence-electron chi connectivity index (χ1n) is 19.5. The van der Waals surface area contributed by atoms with Gasteiger partial charge >= 0.3 is 0 Å². The van der Waals surface area contributed by atoms with Crippen molar-refractivity contribution in [1.82, 2.24) is 4.90 Å². The number of benzene rings is 2. The van der Waals surface area contributed by atoms with Crippen molar-refractivity contribution >= 4 is 23.3 Å². The van der Waals surface area contributed by atoms with E-state index in [1.54, 1.807) is 44.4 Å². The second-order valence-electron chi connectivity index (χ2n) is 17.1. The first-order chi connectivity index (χ1) is 25.7. The molecular formula is C44H55ClFNO7. The van der Waals surface area contributed by atoms with Crippen molar-refractivity contribution in [2.24, 2.45) is 33.5 Å². The van der Waals surface area contributed by atoms with E-state index < -0.39 is 33.8 Å². The Morgan fingerprint density at radius 2 is 1.67 bits per heavy atom. The van der Waals surface area contributed by atoms with Crippen LogP contribution in [0.2, 0.25) is 5.02 Å². The normalized spacial score (nSPS) is 34.8. The van der Waals surface area contributed by atoms with E-state index >= 15 is 4.39 Å². The van der Waals surface area contributed by atoms with E-state index in [0.717, 1.165) is 24.8 Å². The monoisotopic (exact) mass is 763 g/mol. The topological polar surface area (TPSA) is 106 Å². The number of carbonyl (C=O) groups is 2. The zero-order chi connectivity index (χ0) is 38.7. The molecule has 54 heavy (non-hydrogen) atoms. The molecule has 8 nitrogen and oxygen atoms in total. The van der Waals surface area contributed by atoms with Crippen LogP contribution in [0.15, 0.2) is 60.2 Å². The fraction of sp³-hybridized carbons (Fsp3) is 0.591. The minimum absolute atomic E-state index is 0.0902. The molecule has 3 fully saturated rings. The predicted octanol–water partition coefficient (Wildman–Crippen LogP) is 7.31. The number of rotatable bonds is 13. The van der Waals surface area contributed by atoms with E-state index in [4.69, 9.17) is 25.8 Å². The highest BCUT2D eigenvalue weighted by molar-refractivity contribution is 6.31. The van der Waals surface area contributed by atoms with Gasteiger partial charge in [0.25, 0.3) is 0 Å². The number of carbonyl (C=O) groups excluding carboxylic acids is 2. The molecule has 1 amide bonds. The number of ketones is 1. The van der Waals surface area contributed by atoms with E-state index in [-0.39, 0.29) is 58.9 Å². The molecule has 8 rings (SSSR count). The van der Waals surface area contributed by atoms with Crippen molar-refractivity contribution in [3.8, 4) is 11.5 Å². The molecule has 0 radical (unpaired) electrons. The second-order valence-corrected chi connectivity index (χ2v) is 17.5. The molecule has 0 saturated heterocycles. The number of hydrogen-bond acceptors (Lipinski definition) is 7. The van der Waals surface area contributed by atoms with Gasteiger partial charge in [0.1, 0.15) is 5.82 Å². The first kappa shape index (κ1) is 39.0. The average molecular weight is 764 g/mol. The molecule has 2 bridgehead atoms. The molecule has 8 atom stereocenters. The van der Waals surface area contributed by atoms with Crippen LogP contribution in [0.3, 0.4) is 0 Å². The molecule has 8 unspecified atom stereocenters. The molecule has 2 N–H and O–H groups in total. The molecule has 0 heterocycles. The fourth-order valence-electron chi connectivity index (χ4n) is 11.9. The Balaban J connectivity index is 1.25. The summed E-state index contributed by atoms with van der Waals surface area (Å²) >= 11 is 6.48. The lowest BCUT2D eigenvalue weighted by molar-refractivity contribution is -0.180. The van der Waals surface area contributed by atoms with Gasteiger partial charge in [0.15, 0.2) is 17.3 Å². The molecule has 6 aliphatic rings. The number of allylic oxidation sites excluding steroid dienone is 4. The van der Waals surface area contributed by atoms with Gasteiger partial charge < -0.3 is 29.3 Å². The van der Waals surface area contributed by atoms with Crippen molar-refractivity contribution < 1.29 is 38.4 Å². The lowest BCUT2D eigenvalue weighted by Crippen LogP contribution is -2.67.